The Balaban J connectivity index is 2.44. The van der Waals surface area contributed by atoms with Crippen molar-refractivity contribution >= 4 is 0 Å². The molecule has 0 aliphatic rings. The SMILES string of the molecule is CCCc1cccc(-c2nc(CC)cc(=O)[nH]2)n1. The molecule has 2 aromatic heterocycles. The lowest BCUT2D eigenvalue weighted by atomic mass is 10.2. The molecule has 0 fully saturated rings. The molecule has 0 atom stereocenters. The average Bonchev–Trinajstić information content (AvgIpc) is 2.39. The molecule has 0 saturated heterocycles. The van der Waals surface area contributed by atoms with Gasteiger partial charge in [0.05, 0.1) is 0 Å². The lowest BCUT2D eigenvalue weighted by Gasteiger charge is -2.04. The third-order valence-electron chi connectivity index (χ3n) is 2.71. The summed E-state index contributed by atoms with van der Waals surface area (Å²) in [6.07, 6.45) is 2.73. The van der Waals surface area contributed by atoms with E-state index in [0.29, 0.717) is 5.82 Å². The molecular weight excluding hydrogens is 226 g/mol. The van der Waals surface area contributed by atoms with Gasteiger partial charge in [-0.15, -0.1) is 0 Å². The van der Waals surface area contributed by atoms with Crippen molar-refractivity contribution in [2.45, 2.75) is 33.1 Å². The van der Waals surface area contributed by atoms with Gasteiger partial charge in [-0.1, -0.05) is 26.3 Å². The third-order valence-corrected chi connectivity index (χ3v) is 2.71. The number of aryl methyl sites for hydroxylation is 2. The molecule has 2 rings (SSSR count). The van der Waals surface area contributed by atoms with Crippen LogP contribution in [0.4, 0.5) is 0 Å². The second-order valence-corrected chi connectivity index (χ2v) is 4.20. The van der Waals surface area contributed by atoms with E-state index < -0.39 is 0 Å². The maximum absolute atomic E-state index is 11.5. The highest BCUT2D eigenvalue weighted by Crippen LogP contribution is 2.12. The van der Waals surface area contributed by atoms with Crippen LogP contribution in [0.3, 0.4) is 0 Å². The summed E-state index contributed by atoms with van der Waals surface area (Å²) in [5, 5.41) is 0. The zero-order valence-corrected chi connectivity index (χ0v) is 10.7. The number of hydrogen-bond acceptors (Lipinski definition) is 3. The molecule has 2 heterocycles. The Labute approximate surface area is 106 Å². The highest BCUT2D eigenvalue weighted by atomic mass is 16.1. The number of nitrogens with zero attached hydrogens (tertiary/aromatic N) is 2. The Morgan fingerprint density at radius 3 is 2.72 bits per heavy atom. The Hall–Kier alpha value is -1.97. The topological polar surface area (TPSA) is 58.6 Å². The molecule has 0 bridgehead atoms. The lowest BCUT2D eigenvalue weighted by molar-refractivity contribution is 0.880. The Bertz CT molecular complexity index is 590. The van der Waals surface area contributed by atoms with Crippen molar-refractivity contribution in [3.63, 3.8) is 0 Å². The van der Waals surface area contributed by atoms with Crippen molar-refractivity contribution in [3.8, 4) is 11.5 Å². The van der Waals surface area contributed by atoms with Crippen molar-refractivity contribution in [3.05, 3.63) is 46.0 Å². The number of pyridine rings is 1. The van der Waals surface area contributed by atoms with Crippen molar-refractivity contribution in [1.29, 1.82) is 0 Å². The van der Waals surface area contributed by atoms with Gasteiger partial charge in [-0.25, -0.2) is 9.97 Å². The zero-order chi connectivity index (χ0) is 13.0. The average molecular weight is 243 g/mol. The van der Waals surface area contributed by atoms with Gasteiger partial charge in [-0.3, -0.25) is 4.79 Å². The van der Waals surface area contributed by atoms with E-state index in [1.54, 1.807) is 0 Å². The van der Waals surface area contributed by atoms with Crippen LogP contribution in [0.15, 0.2) is 29.1 Å². The Morgan fingerprint density at radius 2 is 2.00 bits per heavy atom. The van der Waals surface area contributed by atoms with E-state index in [9.17, 15) is 4.79 Å². The predicted octanol–water partition coefficient (Wildman–Crippen LogP) is 2.35. The number of nitrogens with one attached hydrogen (secondary N) is 1. The van der Waals surface area contributed by atoms with Crippen molar-refractivity contribution in [2.75, 3.05) is 0 Å². The third kappa shape index (κ3) is 2.83. The lowest BCUT2D eigenvalue weighted by Crippen LogP contribution is -2.10. The van der Waals surface area contributed by atoms with E-state index in [2.05, 4.69) is 21.9 Å². The molecule has 18 heavy (non-hydrogen) atoms. The summed E-state index contributed by atoms with van der Waals surface area (Å²) >= 11 is 0. The normalized spacial score (nSPS) is 10.6. The van der Waals surface area contributed by atoms with Gasteiger partial charge >= 0.3 is 0 Å². The molecule has 94 valence electrons. The van der Waals surface area contributed by atoms with Crippen molar-refractivity contribution < 1.29 is 0 Å². The molecule has 2 aromatic rings. The quantitative estimate of drug-likeness (QED) is 0.896. The predicted molar refractivity (Wildman–Crippen MR) is 71.5 cm³/mol. The first-order chi connectivity index (χ1) is 8.72. The van der Waals surface area contributed by atoms with Gasteiger partial charge in [-0.2, -0.15) is 0 Å². The largest absolute Gasteiger partial charge is 0.305 e. The summed E-state index contributed by atoms with van der Waals surface area (Å²) in [7, 11) is 0. The minimum Gasteiger partial charge on any atom is -0.305 e. The molecule has 0 aromatic carbocycles. The standard InChI is InChI=1S/C14H17N3O/c1-3-6-11-7-5-8-12(15-11)14-16-10(4-2)9-13(18)17-14/h5,7-9H,3-4,6H2,1-2H3,(H,16,17,18). The van der Waals surface area contributed by atoms with Gasteiger partial charge in [0.25, 0.3) is 5.56 Å². The molecule has 0 amide bonds. The molecule has 1 N–H and O–H groups in total. The maximum Gasteiger partial charge on any atom is 0.251 e. The number of aromatic amines is 1. The van der Waals surface area contributed by atoms with Crippen LogP contribution in [0.5, 0.6) is 0 Å². The van der Waals surface area contributed by atoms with Crippen LogP contribution in [0.25, 0.3) is 11.5 Å². The molecule has 4 heteroatoms. The Kier molecular flexibility index (Phi) is 3.87. The summed E-state index contributed by atoms with van der Waals surface area (Å²) in [6, 6.07) is 7.34. The first-order valence-corrected chi connectivity index (χ1v) is 6.29. The summed E-state index contributed by atoms with van der Waals surface area (Å²) < 4.78 is 0. The fraction of sp³-hybridized carbons (Fsp3) is 0.357. The van der Waals surface area contributed by atoms with Crippen LogP contribution < -0.4 is 5.56 Å². The van der Waals surface area contributed by atoms with E-state index in [4.69, 9.17) is 0 Å². The summed E-state index contributed by atoms with van der Waals surface area (Å²) in [6.45, 7) is 4.10. The van der Waals surface area contributed by atoms with Gasteiger partial charge in [0.1, 0.15) is 5.69 Å². The van der Waals surface area contributed by atoms with E-state index >= 15 is 0 Å². The molecule has 0 spiro atoms. The van der Waals surface area contributed by atoms with E-state index in [1.807, 2.05) is 25.1 Å². The molecule has 0 aliphatic heterocycles. The molecule has 0 unspecified atom stereocenters. The first kappa shape index (κ1) is 12.5. The molecule has 4 nitrogen and oxygen atoms in total. The summed E-state index contributed by atoms with van der Waals surface area (Å²) in [4.78, 5) is 23.2. The zero-order valence-electron chi connectivity index (χ0n) is 10.7. The van der Waals surface area contributed by atoms with Gasteiger partial charge < -0.3 is 4.98 Å². The van der Waals surface area contributed by atoms with Crippen LogP contribution >= 0.6 is 0 Å². The van der Waals surface area contributed by atoms with Gasteiger partial charge in [0.15, 0.2) is 5.82 Å². The van der Waals surface area contributed by atoms with E-state index in [-0.39, 0.29) is 5.56 Å². The second-order valence-electron chi connectivity index (χ2n) is 4.20. The monoisotopic (exact) mass is 243 g/mol. The fourth-order valence-electron chi connectivity index (χ4n) is 1.82. The van der Waals surface area contributed by atoms with Gasteiger partial charge in [0.2, 0.25) is 0 Å². The van der Waals surface area contributed by atoms with E-state index in [1.165, 1.54) is 6.07 Å². The molecular formula is C14H17N3O. The number of hydrogen-bond donors (Lipinski definition) is 1. The molecule has 0 saturated carbocycles. The minimum absolute atomic E-state index is 0.125. The van der Waals surface area contributed by atoms with Crippen molar-refractivity contribution in [2.24, 2.45) is 0 Å². The Morgan fingerprint density at radius 1 is 1.17 bits per heavy atom. The van der Waals surface area contributed by atoms with E-state index in [0.717, 1.165) is 36.3 Å². The van der Waals surface area contributed by atoms with Crippen LogP contribution in [0, 0.1) is 0 Å². The second kappa shape index (κ2) is 5.58. The summed E-state index contributed by atoms with van der Waals surface area (Å²) in [5.74, 6) is 0.553. The van der Waals surface area contributed by atoms with Crippen molar-refractivity contribution in [1.82, 2.24) is 15.0 Å². The number of aromatic nitrogens is 3. The highest BCUT2D eigenvalue weighted by molar-refractivity contribution is 5.49. The number of rotatable bonds is 4. The highest BCUT2D eigenvalue weighted by Gasteiger charge is 2.05. The molecule has 0 aliphatic carbocycles. The first-order valence-electron chi connectivity index (χ1n) is 6.29. The molecule has 0 radical (unpaired) electrons. The van der Waals surface area contributed by atoms with Crippen LogP contribution in [0.2, 0.25) is 0 Å². The van der Waals surface area contributed by atoms with Gasteiger partial charge in [0, 0.05) is 17.5 Å². The van der Waals surface area contributed by atoms with Crippen LogP contribution in [0.1, 0.15) is 31.7 Å². The van der Waals surface area contributed by atoms with Crippen LogP contribution in [-0.4, -0.2) is 15.0 Å². The van der Waals surface area contributed by atoms with Crippen LogP contribution in [-0.2, 0) is 12.8 Å². The van der Waals surface area contributed by atoms with Gasteiger partial charge in [-0.05, 0) is 25.0 Å². The minimum atomic E-state index is -0.125. The smallest absolute Gasteiger partial charge is 0.251 e. The number of H-pyrrole nitrogens is 1. The fourth-order valence-corrected chi connectivity index (χ4v) is 1.82. The maximum atomic E-state index is 11.5. The summed E-state index contributed by atoms with van der Waals surface area (Å²) in [5.41, 5.74) is 2.42.